The van der Waals surface area contributed by atoms with E-state index < -0.39 is 10.8 Å². The smallest absolute Gasteiger partial charge is 0.0725 e. The Labute approximate surface area is 691 Å². The summed E-state index contributed by atoms with van der Waals surface area (Å²) in [6.45, 7) is 9.29. The number of unbranched alkanes of at least 4 members (excludes halogenated alkanes) is 52. The van der Waals surface area contributed by atoms with Crippen molar-refractivity contribution in [2.75, 3.05) is 0 Å². The van der Waals surface area contributed by atoms with Crippen LogP contribution >= 0.6 is 43.2 Å². The first kappa shape index (κ1) is 88.9. The molecule has 109 heavy (non-hydrogen) atoms. The van der Waals surface area contributed by atoms with E-state index in [1.807, 2.05) is 0 Å². The number of hydrogen-bond donors (Lipinski definition) is 0. The van der Waals surface area contributed by atoms with Gasteiger partial charge in [0.15, 0.2) is 0 Å². The minimum atomic E-state index is -0.591. The van der Waals surface area contributed by atoms with Crippen LogP contribution in [0.15, 0.2) is 142 Å². The Bertz CT molecular complexity index is 3130. The van der Waals surface area contributed by atoms with Crippen LogP contribution in [0.3, 0.4) is 0 Å². The molecule has 2 aliphatic carbocycles. The fourth-order valence-corrected chi connectivity index (χ4v) is 21.4. The molecule has 0 unspecified atom stereocenters. The third kappa shape index (κ3) is 27.6. The zero-order valence-electron chi connectivity index (χ0n) is 70.3. The Morgan fingerprint density at radius 3 is 0.569 bits per heavy atom. The van der Waals surface area contributed by atoms with E-state index >= 15 is 0 Å². The molecule has 0 saturated carbocycles. The zero-order chi connectivity index (χ0) is 76.1. The maximum atomic E-state index is 4.17. The SMILES string of the molecule is CCCCCCCCCCCCCCCCc1ccc(C2(c3ccc(CCCCCCCCCCCCCCCC)cc3)c3cc(Br)ccc3-c3sc4c(c32)C(c2ccc(CCCCCCCCCCCCCCCC)cc2)(c2ccc(CCCCCCCCCCCCCCCC)cc2)c2cc(Br)ccc2-4)cc1. The van der Waals surface area contributed by atoms with Crippen molar-refractivity contribution in [2.45, 2.75) is 424 Å². The van der Waals surface area contributed by atoms with E-state index in [2.05, 4.69) is 204 Å². The highest BCUT2D eigenvalue weighted by Gasteiger charge is 2.57. The third-order valence-corrected chi connectivity index (χ3v) is 28.0. The van der Waals surface area contributed by atoms with Crippen molar-refractivity contribution in [3.63, 3.8) is 0 Å². The molecule has 6 aromatic carbocycles. The Kier molecular flexibility index (Phi) is 42.8. The molecule has 1 aromatic heterocycles. The molecule has 2 aliphatic rings. The molecule has 0 aliphatic heterocycles. The van der Waals surface area contributed by atoms with Crippen molar-refractivity contribution in [3.8, 4) is 20.9 Å². The van der Waals surface area contributed by atoms with Gasteiger partial charge in [0.2, 0.25) is 0 Å². The largest absolute Gasteiger partial charge is 0.134 e. The quantitative estimate of drug-likeness (QED) is 0.0333. The molecule has 7 aromatic rings. The van der Waals surface area contributed by atoms with Gasteiger partial charge in [-0.25, -0.2) is 0 Å². The Morgan fingerprint density at radius 1 is 0.211 bits per heavy atom. The van der Waals surface area contributed by atoms with Gasteiger partial charge in [0, 0.05) is 18.7 Å². The number of benzene rings is 6. The lowest BCUT2D eigenvalue weighted by atomic mass is 9.61. The number of aryl methyl sites for hydroxylation is 4. The molecular weight excluding hydrogens is 1470 g/mol. The van der Waals surface area contributed by atoms with Crippen LogP contribution in [0.25, 0.3) is 20.9 Å². The highest BCUT2D eigenvalue weighted by molar-refractivity contribution is 9.10. The summed E-state index contributed by atoms with van der Waals surface area (Å²) in [5.41, 5.74) is 18.8. The van der Waals surface area contributed by atoms with Crippen LogP contribution in [-0.2, 0) is 36.5 Å². The fourth-order valence-electron chi connectivity index (χ4n) is 19.2. The van der Waals surface area contributed by atoms with Crippen molar-refractivity contribution >= 4 is 43.2 Å². The minimum Gasteiger partial charge on any atom is -0.134 e. The number of fused-ring (bicyclic) bond motifs is 7. The highest BCUT2D eigenvalue weighted by atomic mass is 79.9. The molecule has 0 bridgehead atoms. The first-order chi connectivity index (χ1) is 53.9. The average molecular weight is 1620 g/mol. The van der Waals surface area contributed by atoms with Crippen LogP contribution in [0, 0.1) is 0 Å². The summed E-state index contributed by atoms with van der Waals surface area (Å²) in [7, 11) is 0. The van der Waals surface area contributed by atoms with E-state index in [9.17, 15) is 0 Å². The first-order valence-electron chi connectivity index (χ1n) is 47.0. The van der Waals surface area contributed by atoms with E-state index in [0.29, 0.717) is 0 Å². The predicted octanol–water partition coefficient (Wildman–Crippen LogP) is 36.1. The molecule has 0 N–H and O–H groups in total. The summed E-state index contributed by atoms with van der Waals surface area (Å²) in [6, 6.07) is 55.7. The molecule has 9 rings (SSSR count). The van der Waals surface area contributed by atoms with Crippen LogP contribution in [0.5, 0.6) is 0 Å². The predicted molar refractivity (Wildman–Crippen MR) is 490 cm³/mol. The van der Waals surface area contributed by atoms with Crippen molar-refractivity contribution in [3.05, 3.63) is 209 Å². The lowest BCUT2D eigenvalue weighted by molar-refractivity contribution is 0.535. The molecule has 0 saturated heterocycles. The molecule has 598 valence electrons. The Hall–Kier alpha value is -4.02. The second-order valence-electron chi connectivity index (χ2n) is 34.6. The van der Waals surface area contributed by atoms with Gasteiger partial charge < -0.3 is 0 Å². The zero-order valence-corrected chi connectivity index (χ0v) is 74.3. The molecular formula is C106H154Br2S. The second-order valence-corrected chi connectivity index (χ2v) is 37.4. The minimum absolute atomic E-state index is 0.591. The molecule has 0 spiro atoms. The lowest BCUT2D eigenvalue weighted by Gasteiger charge is -2.40. The van der Waals surface area contributed by atoms with Crippen LogP contribution in [0.4, 0.5) is 0 Å². The van der Waals surface area contributed by atoms with E-state index in [-0.39, 0.29) is 0 Å². The van der Waals surface area contributed by atoms with Gasteiger partial charge in [-0.2, -0.15) is 0 Å². The van der Waals surface area contributed by atoms with Crippen LogP contribution in [-0.4, -0.2) is 0 Å². The van der Waals surface area contributed by atoms with Gasteiger partial charge in [0.05, 0.1) is 10.8 Å². The van der Waals surface area contributed by atoms with Gasteiger partial charge in [-0.05, 0) is 154 Å². The van der Waals surface area contributed by atoms with Gasteiger partial charge in [-0.15, -0.1) is 11.3 Å². The first-order valence-corrected chi connectivity index (χ1v) is 49.4. The summed E-state index contributed by atoms with van der Waals surface area (Å²) in [5, 5.41) is 0. The summed E-state index contributed by atoms with van der Waals surface area (Å²) >= 11 is 10.4. The fraction of sp³-hybridized carbons (Fsp3) is 0.623. The average Bonchev–Trinajstić information content (AvgIpc) is 1.49. The topological polar surface area (TPSA) is 0 Å². The summed E-state index contributed by atoms with van der Waals surface area (Å²) < 4.78 is 2.29. The monoisotopic (exact) mass is 1620 g/mol. The molecule has 0 fully saturated rings. The summed E-state index contributed by atoms with van der Waals surface area (Å²) in [6.07, 6.45) is 82.5. The van der Waals surface area contributed by atoms with Crippen molar-refractivity contribution in [1.82, 2.24) is 0 Å². The van der Waals surface area contributed by atoms with Gasteiger partial charge in [0.1, 0.15) is 0 Å². The molecule has 0 amide bonds. The van der Waals surface area contributed by atoms with E-state index in [4.69, 9.17) is 0 Å². The molecule has 1 heterocycles. The molecule has 3 heteroatoms. The van der Waals surface area contributed by atoms with Gasteiger partial charge in [-0.1, -0.05) is 503 Å². The standard InChI is InChI=1S/C106H154Br2S/c1-5-9-13-17-21-25-29-33-37-41-45-49-53-57-61-87-65-73-91(74-66-87)105(92-75-67-88(68-76-92)62-58-54-50-46-42-38-34-30-26-22-18-14-10-6-2)99-85-95(107)81-83-97(99)103-101(105)102-104(109-103)98-84-82-96(108)86-100(98)106(102,93-77-69-89(70-78-93)63-59-55-51-47-43-39-35-31-27-23-19-15-11-7-3)94-79-71-90(72-80-94)64-60-56-52-48-44-40-36-32-28-24-20-16-12-8-4/h65-86H,5-64H2,1-4H3. The second kappa shape index (κ2) is 52.5. The van der Waals surface area contributed by atoms with Crippen LogP contribution in [0.1, 0.15) is 454 Å². The van der Waals surface area contributed by atoms with Gasteiger partial charge >= 0.3 is 0 Å². The third-order valence-electron chi connectivity index (χ3n) is 25.7. The van der Waals surface area contributed by atoms with E-state index in [0.717, 1.165) is 34.6 Å². The number of thiophene rings is 1. The van der Waals surface area contributed by atoms with Crippen molar-refractivity contribution in [2.24, 2.45) is 0 Å². The summed E-state index contributed by atoms with van der Waals surface area (Å²) in [4.78, 5) is 2.87. The Balaban J connectivity index is 1.00. The van der Waals surface area contributed by atoms with E-state index in [1.54, 1.807) is 0 Å². The molecule has 0 nitrogen and oxygen atoms in total. The van der Waals surface area contributed by atoms with Gasteiger partial charge in [0.25, 0.3) is 0 Å². The normalized spacial score (nSPS) is 13.2. The van der Waals surface area contributed by atoms with E-state index in [1.165, 1.54) is 447 Å². The van der Waals surface area contributed by atoms with Crippen molar-refractivity contribution < 1.29 is 0 Å². The molecule has 0 radical (unpaired) electrons. The van der Waals surface area contributed by atoms with Gasteiger partial charge in [-0.3, -0.25) is 0 Å². The summed E-state index contributed by atoms with van der Waals surface area (Å²) in [5.74, 6) is 0. The maximum Gasteiger partial charge on any atom is 0.0725 e. The number of halogens is 2. The lowest BCUT2D eigenvalue weighted by Crippen LogP contribution is -2.35. The highest BCUT2D eigenvalue weighted by Crippen LogP contribution is 2.69. The maximum absolute atomic E-state index is 4.17. The van der Waals surface area contributed by atoms with Crippen molar-refractivity contribution in [1.29, 1.82) is 0 Å². The number of rotatable bonds is 64. The van der Waals surface area contributed by atoms with Crippen LogP contribution in [0.2, 0.25) is 0 Å². The number of hydrogen-bond acceptors (Lipinski definition) is 1. The Morgan fingerprint density at radius 2 is 0.385 bits per heavy atom. The molecule has 0 atom stereocenters. The van der Waals surface area contributed by atoms with Crippen LogP contribution < -0.4 is 0 Å².